The van der Waals surface area contributed by atoms with Crippen molar-refractivity contribution < 1.29 is 19.1 Å². The Kier molecular flexibility index (Phi) is 5.93. The van der Waals surface area contributed by atoms with Crippen LogP contribution in [-0.4, -0.2) is 76.4 Å². The average Bonchev–Trinajstić information content (AvgIpc) is 3.11. The Labute approximate surface area is 162 Å². The monoisotopic (exact) mass is 385 g/mol. The highest BCUT2D eigenvalue weighted by Gasteiger charge is 2.29. The third-order valence-corrected chi connectivity index (χ3v) is 4.45. The van der Waals surface area contributed by atoms with Crippen LogP contribution < -0.4 is 5.32 Å². The molecule has 3 heterocycles. The van der Waals surface area contributed by atoms with Crippen molar-refractivity contribution in [3.63, 3.8) is 0 Å². The first kappa shape index (κ1) is 19.4. The Morgan fingerprint density at radius 3 is 2.61 bits per heavy atom. The molecule has 28 heavy (non-hydrogen) atoms. The van der Waals surface area contributed by atoms with Gasteiger partial charge in [0.15, 0.2) is 5.69 Å². The minimum atomic E-state index is -0.373. The number of amides is 3. The molecule has 1 aliphatic heterocycles. The van der Waals surface area contributed by atoms with Gasteiger partial charge in [0, 0.05) is 38.9 Å². The fraction of sp³-hybridized carbons (Fsp3) is 0.368. The van der Waals surface area contributed by atoms with E-state index in [0.29, 0.717) is 44.8 Å². The van der Waals surface area contributed by atoms with E-state index in [0.717, 1.165) is 0 Å². The molecule has 0 atom stereocenters. The molecule has 1 aliphatic rings. The van der Waals surface area contributed by atoms with Gasteiger partial charge in [-0.1, -0.05) is 12.1 Å². The number of imidazole rings is 1. The molecule has 1 N–H and O–H groups in total. The van der Waals surface area contributed by atoms with Crippen LogP contribution in [0.5, 0.6) is 0 Å². The van der Waals surface area contributed by atoms with Crippen LogP contribution in [0.1, 0.15) is 28.0 Å². The van der Waals surface area contributed by atoms with Gasteiger partial charge < -0.3 is 19.9 Å². The number of rotatable bonds is 5. The van der Waals surface area contributed by atoms with Crippen molar-refractivity contribution >= 4 is 23.4 Å². The maximum atomic E-state index is 13.0. The summed E-state index contributed by atoms with van der Waals surface area (Å²) in [6.45, 7) is 7.48. The zero-order valence-corrected chi connectivity index (χ0v) is 15.8. The summed E-state index contributed by atoms with van der Waals surface area (Å²) in [5, 5.41) is 2.69. The minimum absolute atomic E-state index is 0.170. The van der Waals surface area contributed by atoms with Crippen molar-refractivity contribution in [3.05, 3.63) is 48.6 Å². The molecular formula is C19H23N5O4. The SMILES string of the molecule is C=CCNC(=O)c1nc(C(=O)N2CCN(C(=O)OCC)CC2)n2ccccc12. The summed E-state index contributed by atoms with van der Waals surface area (Å²) in [7, 11) is 0. The molecule has 2 aromatic rings. The molecule has 0 aromatic carbocycles. The number of nitrogens with one attached hydrogen (secondary N) is 1. The smallest absolute Gasteiger partial charge is 0.409 e. The van der Waals surface area contributed by atoms with Gasteiger partial charge in [-0.3, -0.25) is 14.0 Å². The number of hydrogen-bond acceptors (Lipinski definition) is 5. The van der Waals surface area contributed by atoms with Crippen molar-refractivity contribution in [2.24, 2.45) is 0 Å². The molecule has 3 rings (SSSR count). The first-order valence-corrected chi connectivity index (χ1v) is 9.14. The van der Waals surface area contributed by atoms with Crippen LogP contribution in [0.2, 0.25) is 0 Å². The van der Waals surface area contributed by atoms with Gasteiger partial charge in [0.05, 0.1) is 12.1 Å². The first-order valence-electron chi connectivity index (χ1n) is 9.14. The van der Waals surface area contributed by atoms with E-state index in [2.05, 4.69) is 16.9 Å². The van der Waals surface area contributed by atoms with Crippen LogP contribution >= 0.6 is 0 Å². The lowest BCUT2D eigenvalue weighted by molar-refractivity contribution is 0.0560. The van der Waals surface area contributed by atoms with Gasteiger partial charge in [-0.05, 0) is 19.1 Å². The minimum Gasteiger partial charge on any atom is -0.450 e. The van der Waals surface area contributed by atoms with Gasteiger partial charge >= 0.3 is 6.09 Å². The van der Waals surface area contributed by atoms with E-state index in [1.54, 1.807) is 51.6 Å². The van der Waals surface area contributed by atoms with E-state index in [1.807, 2.05) is 0 Å². The van der Waals surface area contributed by atoms with Gasteiger partial charge in [0.2, 0.25) is 5.82 Å². The average molecular weight is 385 g/mol. The van der Waals surface area contributed by atoms with E-state index in [1.165, 1.54) is 0 Å². The zero-order valence-electron chi connectivity index (χ0n) is 15.8. The molecule has 0 saturated carbocycles. The Morgan fingerprint density at radius 1 is 1.21 bits per heavy atom. The number of carbonyl (C=O) groups excluding carboxylic acids is 3. The number of fused-ring (bicyclic) bond motifs is 1. The van der Waals surface area contributed by atoms with Crippen molar-refractivity contribution in [2.75, 3.05) is 39.3 Å². The summed E-state index contributed by atoms with van der Waals surface area (Å²) in [6, 6.07) is 5.30. The van der Waals surface area contributed by atoms with Crippen LogP contribution in [0, 0.1) is 0 Å². The molecule has 9 nitrogen and oxygen atoms in total. The highest BCUT2D eigenvalue weighted by Crippen LogP contribution is 2.16. The molecule has 0 aliphatic carbocycles. The van der Waals surface area contributed by atoms with Crippen LogP contribution in [-0.2, 0) is 4.74 Å². The van der Waals surface area contributed by atoms with Gasteiger partial charge in [-0.15, -0.1) is 6.58 Å². The lowest BCUT2D eigenvalue weighted by Gasteiger charge is -2.33. The van der Waals surface area contributed by atoms with Crippen molar-refractivity contribution in [1.29, 1.82) is 0 Å². The Bertz CT molecular complexity index is 899. The summed E-state index contributed by atoms with van der Waals surface area (Å²) in [6.07, 6.45) is 2.90. The van der Waals surface area contributed by atoms with Crippen molar-refractivity contribution in [3.8, 4) is 0 Å². The van der Waals surface area contributed by atoms with Crippen LogP contribution in [0.25, 0.3) is 5.52 Å². The molecule has 3 amide bonds. The molecule has 2 aromatic heterocycles. The van der Waals surface area contributed by atoms with Gasteiger partial charge in [0.1, 0.15) is 0 Å². The molecule has 9 heteroatoms. The highest BCUT2D eigenvalue weighted by molar-refractivity contribution is 6.02. The van der Waals surface area contributed by atoms with E-state index >= 15 is 0 Å². The maximum absolute atomic E-state index is 13.0. The molecule has 0 bridgehead atoms. The molecule has 1 saturated heterocycles. The second-order valence-electron chi connectivity index (χ2n) is 6.22. The predicted molar refractivity (Wildman–Crippen MR) is 102 cm³/mol. The Morgan fingerprint density at radius 2 is 1.93 bits per heavy atom. The fourth-order valence-corrected chi connectivity index (χ4v) is 3.05. The van der Waals surface area contributed by atoms with Gasteiger partial charge in [0.25, 0.3) is 11.8 Å². The standard InChI is InChI=1S/C19H23N5O4/c1-3-8-20-17(25)15-14-7-5-6-9-24(14)16(21-15)18(26)22-10-12-23(13-11-22)19(27)28-4-2/h3,5-7,9H,1,4,8,10-13H2,2H3,(H,20,25). The second-order valence-corrected chi connectivity index (χ2v) is 6.22. The maximum Gasteiger partial charge on any atom is 0.409 e. The number of nitrogens with zero attached hydrogens (tertiary/aromatic N) is 4. The van der Waals surface area contributed by atoms with Gasteiger partial charge in [-0.2, -0.15) is 0 Å². The molecule has 0 spiro atoms. The van der Waals surface area contributed by atoms with Crippen molar-refractivity contribution in [1.82, 2.24) is 24.5 Å². The van der Waals surface area contributed by atoms with Crippen LogP contribution in [0.15, 0.2) is 37.1 Å². The van der Waals surface area contributed by atoms with Crippen molar-refractivity contribution in [2.45, 2.75) is 6.92 Å². The summed E-state index contributed by atoms with van der Waals surface area (Å²) >= 11 is 0. The molecule has 1 fully saturated rings. The molecule has 0 unspecified atom stereocenters. The summed E-state index contributed by atoms with van der Waals surface area (Å²) < 4.78 is 6.61. The fourth-order valence-electron chi connectivity index (χ4n) is 3.05. The number of piperazine rings is 1. The third kappa shape index (κ3) is 3.83. The number of carbonyl (C=O) groups is 3. The predicted octanol–water partition coefficient (Wildman–Crippen LogP) is 1.16. The van der Waals surface area contributed by atoms with E-state index < -0.39 is 0 Å². The summed E-state index contributed by atoms with van der Waals surface area (Å²) in [4.78, 5) is 44.8. The van der Waals surface area contributed by atoms with Crippen LogP contribution in [0.4, 0.5) is 4.79 Å². The third-order valence-electron chi connectivity index (χ3n) is 4.45. The zero-order chi connectivity index (χ0) is 20.1. The highest BCUT2D eigenvalue weighted by atomic mass is 16.6. The largest absolute Gasteiger partial charge is 0.450 e. The van der Waals surface area contributed by atoms with Crippen LogP contribution in [0.3, 0.4) is 0 Å². The molecular weight excluding hydrogens is 362 g/mol. The molecule has 148 valence electrons. The molecule has 0 radical (unpaired) electrons. The Balaban J connectivity index is 1.80. The lowest BCUT2D eigenvalue weighted by atomic mass is 10.3. The van der Waals surface area contributed by atoms with E-state index in [-0.39, 0.29) is 29.4 Å². The van der Waals surface area contributed by atoms with Gasteiger partial charge in [-0.25, -0.2) is 9.78 Å². The summed E-state index contributed by atoms with van der Waals surface area (Å²) in [5.41, 5.74) is 0.744. The Hall–Kier alpha value is -3.36. The number of hydrogen-bond donors (Lipinski definition) is 1. The quantitative estimate of drug-likeness (QED) is 0.780. The number of pyridine rings is 1. The summed E-state index contributed by atoms with van der Waals surface area (Å²) in [5.74, 6) is -0.480. The second kappa shape index (κ2) is 8.55. The van der Waals surface area contributed by atoms with E-state index in [9.17, 15) is 14.4 Å². The topological polar surface area (TPSA) is 96.3 Å². The number of aromatic nitrogens is 2. The van der Waals surface area contributed by atoms with E-state index in [4.69, 9.17) is 4.74 Å². The normalized spacial score (nSPS) is 14.0. The first-order chi connectivity index (χ1) is 13.6. The lowest BCUT2D eigenvalue weighted by Crippen LogP contribution is -2.51. The number of ether oxygens (including phenoxy) is 1.